The molecule has 2 rings (SSSR count). The van der Waals surface area contributed by atoms with E-state index in [1.165, 1.54) is 24.3 Å². The van der Waals surface area contributed by atoms with Gasteiger partial charge < -0.3 is 15.8 Å². The molecule has 7 heteroatoms. The number of nitrogens with two attached hydrogens (primary N) is 1. The van der Waals surface area contributed by atoms with Crippen molar-refractivity contribution in [3.8, 4) is 5.75 Å². The van der Waals surface area contributed by atoms with Gasteiger partial charge in [0.2, 0.25) is 0 Å². The number of hydrogen-bond acceptors (Lipinski definition) is 3. The van der Waals surface area contributed by atoms with Crippen LogP contribution >= 0.6 is 23.2 Å². The molecule has 0 bridgehead atoms. The minimum Gasteiger partial charge on any atom is -0.479 e. The molecule has 1 amide bonds. The molecule has 21 heavy (non-hydrogen) atoms. The van der Waals surface area contributed by atoms with Crippen LogP contribution in [0.1, 0.15) is 0 Å². The Morgan fingerprint density at radius 1 is 1.24 bits per heavy atom. The smallest absolute Gasteiger partial charge is 0.262 e. The molecule has 110 valence electrons. The number of hydrogen-bond donors (Lipinski definition) is 2. The van der Waals surface area contributed by atoms with Gasteiger partial charge in [-0.25, -0.2) is 4.39 Å². The molecular formula is C14H11Cl2FN2O2. The first-order valence-corrected chi connectivity index (χ1v) is 6.64. The van der Waals surface area contributed by atoms with Gasteiger partial charge in [-0.15, -0.1) is 0 Å². The van der Waals surface area contributed by atoms with Gasteiger partial charge in [0.25, 0.3) is 5.91 Å². The Morgan fingerprint density at radius 2 is 2.00 bits per heavy atom. The van der Waals surface area contributed by atoms with Crippen LogP contribution in [-0.4, -0.2) is 12.5 Å². The third-order valence-electron chi connectivity index (χ3n) is 2.53. The van der Waals surface area contributed by atoms with Gasteiger partial charge in [-0.3, -0.25) is 4.79 Å². The molecule has 2 aromatic rings. The van der Waals surface area contributed by atoms with Gasteiger partial charge in [0.15, 0.2) is 18.2 Å². The number of halogens is 3. The first-order chi connectivity index (χ1) is 9.97. The van der Waals surface area contributed by atoms with Crippen LogP contribution in [0.25, 0.3) is 0 Å². The second-order valence-corrected chi connectivity index (χ2v) is 4.94. The summed E-state index contributed by atoms with van der Waals surface area (Å²) in [4.78, 5) is 11.8. The van der Waals surface area contributed by atoms with Crippen LogP contribution in [0, 0.1) is 5.82 Å². The third kappa shape index (κ3) is 4.00. The van der Waals surface area contributed by atoms with Gasteiger partial charge in [-0.05, 0) is 30.3 Å². The Balaban J connectivity index is 1.99. The van der Waals surface area contributed by atoms with Crippen LogP contribution in [0.5, 0.6) is 5.75 Å². The molecule has 3 N–H and O–H groups in total. The summed E-state index contributed by atoms with van der Waals surface area (Å²) in [6.45, 7) is -0.401. The molecular weight excluding hydrogens is 318 g/mol. The maximum absolute atomic E-state index is 13.5. The Morgan fingerprint density at radius 3 is 2.67 bits per heavy atom. The number of carbonyl (C=O) groups is 1. The van der Waals surface area contributed by atoms with Gasteiger partial charge in [-0.2, -0.15) is 0 Å². The topological polar surface area (TPSA) is 64.3 Å². The molecule has 0 aromatic heterocycles. The van der Waals surface area contributed by atoms with Crippen molar-refractivity contribution in [2.45, 2.75) is 0 Å². The summed E-state index contributed by atoms with van der Waals surface area (Å²) in [7, 11) is 0. The molecule has 0 radical (unpaired) electrons. The molecule has 0 aliphatic heterocycles. The summed E-state index contributed by atoms with van der Waals surface area (Å²) in [5.74, 6) is -1.31. The lowest BCUT2D eigenvalue weighted by Crippen LogP contribution is -2.20. The average molecular weight is 329 g/mol. The standard InChI is InChI=1S/C14H11Cl2FN2O2/c15-9-2-1-3-11(17)14(9)21-7-13(20)19-12-5-4-8(18)6-10(12)16/h1-6H,7,18H2,(H,19,20). The average Bonchev–Trinajstić information content (AvgIpc) is 2.41. The first-order valence-electron chi connectivity index (χ1n) is 5.89. The summed E-state index contributed by atoms with van der Waals surface area (Å²) in [5, 5.41) is 2.92. The monoisotopic (exact) mass is 328 g/mol. The maximum Gasteiger partial charge on any atom is 0.262 e. The van der Waals surface area contributed by atoms with Crippen molar-refractivity contribution in [2.75, 3.05) is 17.7 Å². The van der Waals surface area contributed by atoms with Crippen molar-refractivity contribution in [2.24, 2.45) is 0 Å². The van der Waals surface area contributed by atoms with E-state index in [2.05, 4.69) is 5.32 Å². The number of nitrogen functional groups attached to an aromatic ring is 1. The molecule has 0 saturated carbocycles. The zero-order chi connectivity index (χ0) is 15.4. The molecule has 0 fully saturated rings. The van der Waals surface area contributed by atoms with Crippen LogP contribution < -0.4 is 15.8 Å². The van der Waals surface area contributed by atoms with E-state index < -0.39 is 18.3 Å². The number of rotatable bonds is 4. The second-order valence-electron chi connectivity index (χ2n) is 4.13. The zero-order valence-corrected chi connectivity index (χ0v) is 12.2. The fourth-order valence-electron chi connectivity index (χ4n) is 1.58. The van der Waals surface area contributed by atoms with Gasteiger partial charge in [0, 0.05) is 5.69 Å². The van der Waals surface area contributed by atoms with Crippen molar-refractivity contribution in [1.29, 1.82) is 0 Å². The maximum atomic E-state index is 13.5. The van der Waals surface area contributed by atoms with Crippen molar-refractivity contribution >= 4 is 40.5 Å². The Labute approximate surface area is 130 Å². The number of benzene rings is 2. The summed E-state index contributed by atoms with van der Waals surface area (Å²) in [6, 6.07) is 8.76. The van der Waals surface area contributed by atoms with Crippen LogP contribution in [0.3, 0.4) is 0 Å². The van der Waals surface area contributed by atoms with Gasteiger partial charge in [-0.1, -0.05) is 29.3 Å². The van der Waals surface area contributed by atoms with Crippen LogP contribution in [0.2, 0.25) is 10.0 Å². The largest absolute Gasteiger partial charge is 0.479 e. The second kappa shape index (κ2) is 6.65. The van der Waals surface area contributed by atoms with E-state index in [1.54, 1.807) is 12.1 Å². The summed E-state index contributed by atoms with van der Waals surface area (Å²) >= 11 is 11.7. The zero-order valence-electron chi connectivity index (χ0n) is 10.7. The highest BCUT2D eigenvalue weighted by Crippen LogP contribution is 2.27. The molecule has 0 atom stereocenters. The minimum atomic E-state index is -0.638. The Hall–Kier alpha value is -1.98. The quantitative estimate of drug-likeness (QED) is 0.840. The van der Waals surface area contributed by atoms with Crippen molar-refractivity contribution in [1.82, 2.24) is 0 Å². The first kappa shape index (κ1) is 15.4. The molecule has 0 aliphatic carbocycles. The highest BCUT2D eigenvalue weighted by molar-refractivity contribution is 6.34. The van der Waals surface area contributed by atoms with Gasteiger partial charge in [0.05, 0.1) is 15.7 Å². The number of amides is 1. The highest BCUT2D eigenvalue weighted by atomic mass is 35.5. The number of para-hydroxylation sites is 1. The Bertz CT molecular complexity index is 660. The normalized spacial score (nSPS) is 10.2. The van der Waals surface area contributed by atoms with Crippen LogP contribution in [-0.2, 0) is 4.79 Å². The minimum absolute atomic E-state index is 0.0910. The summed E-state index contributed by atoms with van der Waals surface area (Å²) in [6.07, 6.45) is 0. The molecule has 0 spiro atoms. The lowest BCUT2D eigenvalue weighted by atomic mass is 10.3. The van der Waals surface area contributed by atoms with Crippen molar-refractivity contribution in [3.63, 3.8) is 0 Å². The predicted octanol–water partition coefficient (Wildman–Crippen LogP) is 3.73. The van der Waals surface area contributed by atoms with Crippen LogP contribution in [0.15, 0.2) is 36.4 Å². The van der Waals surface area contributed by atoms with E-state index >= 15 is 0 Å². The van der Waals surface area contributed by atoms with E-state index in [1.807, 2.05) is 0 Å². The molecule has 2 aromatic carbocycles. The lowest BCUT2D eigenvalue weighted by Gasteiger charge is -2.10. The predicted molar refractivity (Wildman–Crippen MR) is 81.4 cm³/mol. The molecule has 0 aliphatic rings. The molecule has 0 unspecified atom stereocenters. The number of ether oxygens (including phenoxy) is 1. The molecule has 0 heterocycles. The van der Waals surface area contributed by atoms with E-state index in [0.29, 0.717) is 16.4 Å². The van der Waals surface area contributed by atoms with Crippen molar-refractivity contribution in [3.05, 3.63) is 52.3 Å². The van der Waals surface area contributed by atoms with E-state index in [0.717, 1.165) is 0 Å². The molecule has 0 saturated heterocycles. The number of nitrogens with one attached hydrogen (secondary N) is 1. The molecule has 4 nitrogen and oxygen atoms in total. The SMILES string of the molecule is Nc1ccc(NC(=O)COc2c(F)cccc2Cl)c(Cl)c1. The van der Waals surface area contributed by atoms with E-state index in [9.17, 15) is 9.18 Å². The Kier molecular flexibility index (Phi) is 4.88. The van der Waals surface area contributed by atoms with Crippen LogP contribution in [0.4, 0.5) is 15.8 Å². The summed E-state index contributed by atoms with van der Waals surface area (Å²) in [5.41, 5.74) is 6.42. The number of anilines is 2. The van der Waals surface area contributed by atoms with Crippen molar-refractivity contribution < 1.29 is 13.9 Å². The summed E-state index contributed by atoms with van der Waals surface area (Å²) < 4.78 is 18.5. The van der Waals surface area contributed by atoms with Gasteiger partial charge in [0.1, 0.15) is 0 Å². The lowest BCUT2D eigenvalue weighted by molar-refractivity contribution is -0.118. The fraction of sp³-hybridized carbons (Fsp3) is 0.0714. The highest BCUT2D eigenvalue weighted by Gasteiger charge is 2.11. The third-order valence-corrected chi connectivity index (χ3v) is 3.14. The fourth-order valence-corrected chi connectivity index (χ4v) is 2.03. The van der Waals surface area contributed by atoms with E-state index in [4.69, 9.17) is 33.7 Å². The number of carbonyl (C=O) groups excluding carboxylic acids is 1. The van der Waals surface area contributed by atoms with E-state index in [-0.39, 0.29) is 10.8 Å². The van der Waals surface area contributed by atoms with Gasteiger partial charge >= 0.3 is 0 Å².